The second-order valence-corrected chi connectivity index (χ2v) is 16.7. The molecule has 0 aliphatic heterocycles. The van der Waals surface area contributed by atoms with Gasteiger partial charge in [-0.25, -0.2) is 0 Å². The lowest BCUT2D eigenvalue weighted by atomic mass is 10.0. The lowest BCUT2D eigenvalue weighted by Crippen LogP contribution is -1.99. The first-order valence-corrected chi connectivity index (χ1v) is 44.5. The maximum atomic E-state index is 11.8. The zero-order valence-electron chi connectivity index (χ0n) is 86.2. The van der Waals surface area contributed by atoms with Crippen molar-refractivity contribution in [2.24, 2.45) is 0 Å². The molecule has 0 aromatic heterocycles. The number of rotatable bonds is 4. The van der Waals surface area contributed by atoms with Crippen LogP contribution in [0.1, 0.15) is 281 Å². The van der Waals surface area contributed by atoms with Crippen LogP contribution >= 0.6 is 0 Å². The summed E-state index contributed by atoms with van der Waals surface area (Å²) >= 11 is 0. The van der Waals surface area contributed by atoms with Crippen molar-refractivity contribution in [1.82, 2.24) is 0 Å². The van der Waals surface area contributed by atoms with E-state index in [4.69, 9.17) is 0 Å². The molecule has 0 saturated heterocycles. The van der Waals surface area contributed by atoms with Gasteiger partial charge in [0.2, 0.25) is 0 Å². The van der Waals surface area contributed by atoms with Crippen LogP contribution in [0, 0.1) is 0 Å². The van der Waals surface area contributed by atoms with E-state index in [1.54, 1.807) is 56.9 Å². The second kappa shape index (κ2) is 215. The molecule has 0 heterocycles. The molecule has 7 heteroatoms. The van der Waals surface area contributed by atoms with Gasteiger partial charge in [-0.1, -0.05) is 612 Å². The summed E-state index contributed by atoms with van der Waals surface area (Å²) in [6.07, 6.45) is 0. The van der Waals surface area contributed by atoms with E-state index in [0.29, 0.717) is 0 Å². The maximum absolute atomic E-state index is 11.8. The molecular weight excluding hydrogens is 1470 g/mol. The number of ketones is 3. The van der Waals surface area contributed by atoms with Crippen molar-refractivity contribution in [2.75, 3.05) is 56.9 Å². The zero-order chi connectivity index (χ0) is 97.7. The summed E-state index contributed by atoms with van der Waals surface area (Å²) in [5.74, 6) is 0.317. The standard InChI is InChI=1S/2C13H10O.7C6H6.C3H6O.4C2H6O.17C2H6/c2*14-13(11-7-3-1-4-8-11)12-9-5-2-6-10-12;7*1-2-4-6-5-3-1;1-3(2)4;4*1-3-2;17*1-2/h2*1-10H;7*1-6H;1-2H3;4*1-2H3;17*1-2H3. The van der Waals surface area contributed by atoms with Crippen LogP contribution in [-0.4, -0.2) is 74.2 Å². The quantitative estimate of drug-likeness (QED) is 0.162. The molecule has 0 radical (unpaired) electrons. The van der Waals surface area contributed by atoms with Gasteiger partial charge in [0.25, 0.3) is 0 Å². The fourth-order valence-electron chi connectivity index (χ4n) is 5.39. The Hall–Kier alpha value is -9.73. The van der Waals surface area contributed by atoms with Gasteiger partial charge in [-0.15, -0.1) is 0 Å². The number of carbonyl (C=O) groups excluding carboxylic acids is 3. The van der Waals surface area contributed by atoms with Crippen molar-refractivity contribution in [3.63, 3.8) is 0 Å². The van der Waals surface area contributed by atoms with Gasteiger partial charge in [0.1, 0.15) is 5.78 Å². The third-order valence-electron chi connectivity index (χ3n) is 8.81. The lowest BCUT2D eigenvalue weighted by molar-refractivity contribution is -0.115. The highest BCUT2D eigenvalue weighted by molar-refractivity contribution is 6.09. The summed E-state index contributed by atoms with van der Waals surface area (Å²) in [7, 11) is 13.0. The zero-order valence-corrected chi connectivity index (χ0v) is 86.2. The minimum absolute atomic E-state index is 0.0752. The Morgan fingerprint density at radius 2 is 0.175 bits per heavy atom. The van der Waals surface area contributed by atoms with E-state index in [1.165, 1.54) is 13.8 Å². The Balaban J connectivity index is -0.0000000494. The number of hydrogen-bond donors (Lipinski definition) is 0. The van der Waals surface area contributed by atoms with Gasteiger partial charge < -0.3 is 23.7 Å². The fourth-order valence-corrected chi connectivity index (χ4v) is 5.39. The Bertz CT molecular complexity index is 2240. The van der Waals surface area contributed by atoms with Crippen molar-refractivity contribution in [3.05, 3.63) is 398 Å². The van der Waals surface area contributed by atoms with E-state index in [2.05, 4.69) is 18.9 Å². The SMILES string of the molecule is CC.CC.CC.CC.CC.CC.CC.CC.CC.CC.CC.CC.CC.CC.CC.CC.CC.CC(C)=O.COC.COC.COC.COC.O=C(c1ccccc1)c1ccccc1.O=C(c1ccccc1)c1ccccc1.c1ccccc1.c1ccccc1.c1ccccc1.c1ccccc1.c1ccccc1.c1ccccc1.c1ccccc1. The molecule has 688 valence electrons. The summed E-state index contributed by atoms with van der Waals surface area (Å²) in [5.41, 5.74) is 2.94. The third kappa shape index (κ3) is 193. The molecule has 0 amide bonds. The smallest absolute Gasteiger partial charge is 0.193 e. The third-order valence-corrected chi connectivity index (χ3v) is 8.81. The van der Waals surface area contributed by atoms with E-state index in [0.717, 1.165) is 22.3 Å². The van der Waals surface area contributed by atoms with E-state index < -0.39 is 0 Å². The van der Waals surface area contributed by atoms with Crippen LogP contribution in [0.2, 0.25) is 0 Å². The van der Waals surface area contributed by atoms with E-state index in [1.807, 2.05) is 612 Å². The molecule has 0 spiro atoms. The number of carbonyl (C=O) groups is 3. The molecule has 0 unspecified atom stereocenters. The number of hydrogen-bond acceptors (Lipinski definition) is 7. The van der Waals surface area contributed by atoms with Crippen molar-refractivity contribution >= 4 is 17.3 Å². The Morgan fingerprint density at radius 3 is 0.225 bits per heavy atom. The summed E-state index contributed by atoms with van der Waals surface area (Å²) in [6.45, 7) is 71.1. The highest BCUT2D eigenvalue weighted by Crippen LogP contribution is 2.10. The first-order chi connectivity index (χ1) is 59.1. The molecule has 0 aliphatic carbocycles. The van der Waals surface area contributed by atoms with Crippen molar-refractivity contribution < 1.29 is 33.3 Å². The number of ether oxygens (including phenoxy) is 4. The lowest BCUT2D eigenvalue weighted by Gasteiger charge is -1.99. The van der Waals surface area contributed by atoms with E-state index >= 15 is 0 Å². The van der Waals surface area contributed by atoms with Crippen LogP contribution < -0.4 is 0 Å². The average Bonchev–Trinajstić information content (AvgIpc) is 0.878. The van der Waals surface area contributed by atoms with Crippen molar-refractivity contribution in [2.45, 2.75) is 249 Å². The Morgan fingerprint density at radius 1 is 0.133 bits per heavy atom. The van der Waals surface area contributed by atoms with Gasteiger partial charge in [-0.3, -0.25) is 9.59 Å². The van der Waals surface area contributed by atoms with Gasteiger partial charge in [0.05, 0.1) is 0 Å². The molecule has 0 atom stereocenters. The molecule has 0 bridgehead atoms. The van der Waals surface area contributed by atoms with Crippen LogP contribution in [0.15, 0.2) is 376 Å². The summed E-state index contributed by atoms with van der Waals surface area (Å²) in [4.78, 5) is 33.1. The van der Waals surface area contributed by atoms with Gasteiger partial charge in [-0.05, 0) is 13.8 Å². The van der Waals surface area contributed by atoms with E-state index in [-0.39, 0.29) is 17.3 Å². The molecule has 11 aromatic rings. The second-order valence-electron chi connectivity index (χ2n) is 16.7. The average molecular weight is 1660 g/mol. The summed E-state index contributed by atoms with van der Waals surface area (Å²) in [5, 5.41) is 0. The van der Waals surface area contributed by atoms with Crippen molar-refractivity contribution in [3.8, 4) is 0 Å². The van der Waals surface area contributed by atoms with Gasteiger partial charge >= 0.3 is 0 Å². The van der Waals surface area contributed by atoms with Gasteiger partial charge in [-0.2, -0.15) is 0 Å². The Kier molecular flexibility index (Phi) is 289. The number of Topliss-reactive ketones (excluding diaryl/α,β-unsaturated/α-hetero) is 1. The molecule has 0 fully saturated rings. The molecule has 11 aromatic carbocycles. The van der Waals surface area contributed by atoms with Gasteiger partial charge in [0, 0.05) is 79.1 Å². The molecule has 120 heavy (non-hydrogen) atoms. The maximum Gasteiger partial charge on any atom is 0.193 e. The topological polar surface area (TPSA) is 88.1 Å². The minimum Gasteiger partial charge on any atom is -0.388 e. The van der Waals surface area contributed by atoms with Crippen LogP contribution in [0.25, 0.3) is 0 Å². The number of methoxy groups -OCH3 is 4. The predicted octanol–water partition coefficient (Wildman–Crippen LogP) is 36.7. The van der Waals surface area contributed by atoms with Crippen LogP contribution in [0.3, 0.4) is 0 Å². The summed E-state index contributed by atoms with van der Waals surface area (Å²) < 4.78 is 17.0. The monoisotopic (exact) mass is 1660 g/mol. The first kappa shape index (κ1) is 162. The van der Waals surface area contributed by atoms with Crippen LogP contribution in [0.5, 0.6) is 0 Å². The van der Waals surface area contributed by atoms with Gasteiger partial charge in [0.15, 0.2) is 11.6 Å². The summed E-state index contributed by atoms with van der Waals surface area (Å²) in [6, 6.07) is 121. The Labute approximate surface area is 750 Å². The molecule has 0 saturated carbocycles. The number of benzene rings is 11. The molecular formula is C113H194O7. The minimum atomic E-state index is 0.0752. The largest absolute Gasteiger partial charge is 0.388 e. The highest BCUT2D eigenvalue weighted by Gasteiger charge is 2.07. The first-order valence-electron chi connectivity index (χ1n) is 44.5. The van der Waals surface area contributed by atoms with Crippen molar-refractivity contribution in [1.29, 1.82) is 0 Å². The molecule has 0 N–H and O–H groups in total. The molecule has 7 nitrogen and oxygen atoms in total. The van der Waals surface area contributed by atoms with E-state index in [9.17, 15) is 14.4 Å². The van der Waals surface area contributed by atoms with Crippen LogP contribution in [-0.2, 0) is 23.7 Å². The molecule has 11 rings (SSSR count). The van der Waals surface area contributed by atoms with Crippen LogP contribution in [0.4, 0.5) is 0 Å². The normalized spacial score (nSPS) is 6.73. The molecule has 0 aliphatic rings. The highest BCUT2D eigenvalue weighted by atomic mass is 16.5. The fraction of sp³-hybridized carbons (Fsp3) is 0.389. The predicted molar refractivity (Wildman–Crippen MR) is 559 cm³/mol.